The van der Waals surface area contributed by atoms with Gasteiger partial charge in [0.1, 0.15) is 0 Å². The molecule has 69 heavy (non-hydrogen) atoms. The van der Waals surface area contributed by atoms with E-state index in [1.165, 1.54) is 22.7 Å². The van der Waals surface area contributed by atoms with Gasteiger partial charge >= 0.3 is 0 Å². The second-order valence-electron chi connectivity index (χ2n) is 17.5. The van der Waals surface area contributed by atoms with Crippen molar-refractivity contribution < 1.29 is 45.9 Å². The molecule has 0 spiro atoms. The first-order valence-corrected chi connectivity index (χ1v) is 22.6. The van der Waals surface area contributed by atoms with Gasteiger partial charge in [0.25, 0.3) is 0 Å². The molecule has 0 aliphatic carbocycles. The minimum atomic E-state index is -0.0663. The number of unbranched alkanes of at least 4 members (excludes halogenated alkanes) is 1. The van der Waals surface area contributed by atoms with Crippen molar-refractivity contribution in [3.05, 3.63) is 220 Å². The van der Waals surface area contributed by atoms with Crippen molar-refractivity contribution in [3.63, 3.8) is 0 Å². The van der Waals surface area contributed by atoms with Gasteiger partial charge in [-0.05, 0) is 87.2 Å². The van der Waals surface area contributed by atoms with E-state index in [1.54, 1.807) is 24.5 Å². The van der Waals surface area contributed by atoms with Crippen molar-refractivity contribution in [3.8, 4) is 22.9 Å². The van der Waals surface area contributed by atoms with Crippen LogP contribution in [0.4, 0.5) is 51.2 Å². The van der Waals surface area contributed by atoms with Crippen LogP contribution in [0.5, 0.6) is 11.5 Å². The van der Waals surface area contributed by atoms with Crippen LogP contribution >= 0.6 is 0 Å². The van der Waals surface area contributed by atoms with Crippen LogP contribution in [-0.2, 0) is 46.6 Å². The number of nitrogens with zero attached hydrogens (tertiary/aromatic N) is 8. The van der Waals surface area contributed by atoms with Gasteiger partial charge in [-0.2, -0.15) is 92.8 Å². The van der Waals surface area contributed by atoms with Crippen molar-refractivity contribution in [1.82, 2.24) is 9.97 Å². The fourth-order valence-electron chi connectivity index (χ4n) is 8.45. The topological polar surface area (TPSA) is 54.5 Å². The van der Waals surface area contributed by atoms with E-state index in [9.17, 15) is 0 Å². The summed E-state index contributed by atoms with van der Waals surface area (Å²) in [6.07, 6.45) is 5.60. The van der Waals surface area contributed by atoms with Gasteiger partial charge in [-0.25, -0.2) is 6.07 Å². The number of fused-ring (bicyclic) bond motifs is 3. The van der Waals surface area contributed by atoms with Crippen LogP contribution in [0.25, 0.3) is 11.4 Å². The second kappa shape index (κ2) is 21.9. The van der Waals surface area contributed by atoms with Gasteiger partial charge in [-0.3, -0.25) is 0 Å². The average molecular weight is 1260 g/mol. The Morgan fingerprint density at radius 3 is 1.55 bits per heavy atom. The summed E-state index contributed by atoms with van der Waals surface area (Å²) in [7, 11) is 2.05. The zero-order chi connectivity index (χ0) is 45.7. The molecule has 9 nitrogen and oxygen atoms in total. The molecular weight excluding hydrogens is 1210 g/mol. The molecule has 0 unspecified atom stereocenters. The summed E-state index contributed by atoms with van der Waals surface area (Å²) in [6.45, 7) is 15.0. The smallest absolute Gasteiger partial charge is 0.0326 e. The first kappa shape index (κ1) is 49.0. The molecular formula is C58H50IrN8OPt-8. The number of hydrogen-bond acceptors (Lipinski definition) is 9. The van der Waals surface area contributed by atoms with Crippen LogP contribution in [0.2, 0.25) is 0 Å². The number of ether oxygens (including phenoxy) is 1. The summed E-state index contributed by atoms with van der Waals surface area (Å²) >= 11 is 0. The molecule has 0 atom stereocenters. The van der Waals surface area contributed by atoms with Crippen LogP contribution in [0.3, 0.4) is 0 Å². The van der Waals surface area contributed by atoms with E-state index in [4.69, 9.17) is 4.74 Å². The van der Waals surface area contributed by atoms with Crippen molar-refractivity contribution in [1.29, 1.82) is 0 Å². The van der Waals surface area contributed by atoms with E-state index in [-0.39, 0.29) is 46.6 Å². The van der Waals surface area contributed by atoms with E-state index in [0.717, 1.165) is 59.9 Å². The summed E-state index contributed by atoms with van der Waals surface area (Å²) in [5, 5.41) is 0. The quantitative estimate of drug-likeness (QED) is 0.0931. The minimum absolute atomic E-state index is 0. The van der Waals surface area contributed by atoms with Gasteiger partial charge in [0, 0.05) is 86.8 Å². The Morgan fingerprint density at radius 1 is 0.507 bits per heavy atom. The van der Waals surface area contributed by atoms with Crippen LogP contribution < -0.4 is 34.1 Å². The molecule has 6 aromatic carbocycles. The van der Waals surface area contributed by atoms with Gasteiger partial charge in [-0.15, -0.1) is 64.3 Å². The Balaban J connectivity index is 0.000000181. The van der Waals surface area contributed by atoms with Crippen molar-refractivity contribution in [2.75, 3.05) is 49.5 Å². The van der Waals surface area contributed by atoms with Crippen molar-refractivity contribution >= 4 is 51.2 Å². The van der Waals surface area contributed by atoms with Gasteiger partial charge in [0.15, 0.2) is 0 Å². The normalized spacial score (nSPS) is 13.4. The number of anilines is 9. The summed E-state index contributed by atoms with van der Waals surface area (Å²) in [6, 6.07) is 67.8. The number of para-hydroxylation sites is 8. The molecule has 11 rings (SSSR count). The summed E-state index contributed by atoms with van der Waals surface area (Å²) < 4.78 is 6.24. The fourth-order valence-corrected chi connectivity index (χ4v) is 8.45. The Kier molecular flexibility index (Phi) is 15.5. The number of rotatable bonds is 11. The van der Waals surface area contributed by atoms with E-state index in [0.29, 0.717) is 22.9 Å². The van der Waals surface area contributed by atoms with Crippen LogP contribution in [0.15, 0.2) is 164 Å². The van der Waals surface area contributed by atoms with Crippen LogP contribution in [0, 0.1) is 50.3 Å². The molecule has 0 amide bonds. The molecule has 2 aromatic heterocycles. The molecule has 8 aromatic rings. The van der Waals surface area contributed by atoms with Gasteiger partial charge in [-0.1, -0.05) is 57.2 Å². The summed E-state index contributed by atoms with van der Waals surface area (Å²) in [5.41, 5.74) is 12.5. The maximum absolute atomic E-state index is 6.24. The maximum Gasteiger partial charge on any atom is 0.0326 e. The third kappa shape index (κ3) is 10.9. The zero-order valence-electron chi connectivity index (χ0n) is 38.8. The molecule has 355 valence electrons. The molecule has 5 heterocycles. The number of hydrogen-bond donors (Lipinski definition) is 0. The monoisotopic (exact) mass is 1260 g/mol. The SMILES string of the molecule is CN1[CH-]N(c2[c-]c(Oc3[c-]c(-c4[c-]cccn4)ncc3)cc(C(C)(C)C)c2)c2ccccc21.[Ir].[Pt].[c-]1ccccc1N1[CH-]N(CCCCN2[CH-]N(c3[c-]cccc3)c3ccccc32)c2ccccc21. The number of benzene rings is 6. The van der Waals surface area contributed by atoms with Crippen molar-refractivity contribution in [2.45, 2.75) is 39.0 Å². The third-order valence-electron chi connectivity index (χ3n) is 11.9. The standard InChI is InChI=1S/C30H26N4.C28H24N4O.Ir.Pt/c1-3-13-25(14-4-1)33-23-31(27-17-7-9-19-29(27)33)21-11-12-22-32-24-34(26-15-5-2-6-16-26)30-20-10-8-18-28(30)32;1-28(2,3)20-15-21(32-19-31(4)26-10-5-6-11-27(26)32)17-23(16-20)33-22-12-14-30-25(18-22)24-9-7-8-13-29-24;;/h1-10,13,15,17-20,23-24H,11-12,21-22H2;5-8,10-16,19H,1-4H3;;/q2*-4;;. The molecule has 3 aliphatic rings. The summed E-state index contributed by atoms with van der Waals surface area (Å²) in [5.74, 6) is 1.17. The predicted molar refractivity (Wildman–Crippen MR) is 271 cm³/mol. The predicted octanol–water partition coefficient (Wildman–Crippen LogP) is 13.3. The van der Waals surface area contributed by atoms with Gasteiger partial charge in [0.2, 0.25) is 0 Å². The van der Waals surface area contributed by atoms with Crippen molar-refractivity contribution in [2.24, 2.45) is 0 Å². The van der Waals surface area contributed by atoms with E-state index in [1.807, 2.05) is 55.6 Å². The van der Waals surface area contributed by atoms with E-state index in [2.05, 4.69) is 201 Å². The molecule has 0 N–H and O–H groups in total. The van der Waals surface area contributed by atoms with Crippen LogP contribution in [-0.4, -0.2) is 30.1 Å². The van der Waals surface area contributed by atoms with E-state index < -0.39 is 0 Å². The second-order valence-corrected chi connectivity index (χ2v) is 17.5. The molecule has 0 fully saturated rings. The number of aromatic nitrogens is 2. The molecule has 11 heteroatoms. The molecule has 0 saturated heterocycles. The largest absolute Gasteiger partial charge is 0.510 e. The molecule has 3 aliphatic heterocycles. The average Bonchev–Trinajstić information content (AvgIpc) is 4.05. The zero-order valence-corrected chi connectivity index (χ0v) is 43.5. The number of pyridine rings is 2. The molecule has 0 saturated carbocycles. The Morgan fingerprint density at radius 2 is 1.01 bits per heavy atom. The van der Waals surface area contributed by atoms with E-state index >= 15 is 0 Å². The fraction of sp³-hybridized carbons (Fsp3) is 0.155. The Hall–Kier alpha value is -6.44. The summed E-state index contributed by atoms with van der Waals surface area (Å²) in [4.78, 5) is 22.1. The third-order valence-corrected chi connectivity index (χ3v) is 11.9. The molecule has 0 bridgehead atoms. The maximum atomic E-state index is 6.24. The first-order chi connectivity index (χ1) is 32.8. The first-order valence-electron chi connectivity index (χ1n) is 22.6. The Labute approximate surface area is 435 Å². The Bertz CT molecular complexity index is 2840. The van der Waals surface area contributed by atoms with Gasteiger partial charge in [0.05, 0.1) is 0 Å². The molecule has 1 radical (unpaired) electrons. The minimum Gasteiger partial charge on any atom is -0.510 e. The van der Waals surface area contributed by atoms with Gasteiger partial charge < -0.3 is 44.1 Å². The van der Waals surface area contributed by atoms with Crippen LogP contribution in [0.1, 0.15) is 39.2 Å².